The first-order valence-corrected chi connectivity index (χ1v) is 5.21. The van der Waals surface area contributed by atoms with Crippen LogP contribution in [0.15, 0.2) is 0 Å². The third-order valence-corrected chi connectivity index (χ3v) is 2.73. The monoisotopic (exact) mass is 282 g/mol. The molecule has 0 spiro atoms. The number of hydrogen-bond donors (Lipinski definition) is 1. The van der Waals surface area contributed by atoms with E-state index < -0.39 is 65.7 Å². The van der Waals surface area contributed by atoms with Gasteiger partial charge >= 0.3 is 5.97 Å². The minimum atomic E-state index is -2.29. The Hall–Kier alpha value is -1.70. The van der Waals surface area contributed by atoms with Crippen LogP contribution in [0.25, 0.3) is 0 Å². The van der Waals surface area contributed by atoms with E-state index in [4.69, 9.17) is 0 Å². The van der Waals surface area contributed by atoms with Crippen molar-refractivity contribution in [2.24, 2.45) is 0 Å². The smallest absolute Gasteiger partial charge is 0.309 e. The molecule has 0 bridgehead atoms. The summed E-state index contributed by atoms with van der Waals surface area (Å²) in [5.74, 6) is -11.6. The van der Waals surface area contributed by atoms with E-state index in [9.17, 15) is 31.9 Å². The van der Waals surface area contributed by atoms with Gasteiger partial charge in [-0.2, -0.15) is 0 Å². The number of halogens is 5. The highest BCUT2D eigenvalue weighted by Gasteiger charge is 2.36. The Morgan fingerprint density at radius 1 is 0.947 bits per heavy atom. The number of aliphatic hydroxyl groups is 1. The molecule has 1 N–H and O–H groups in total. The van der Waals surface area contributed by atoms with Crippen molar-refractivity contribution in [3.8, 4) is 0 Å². The summed E-state index contributed by atoms with van der Waals surface area (Å²) in [6, 6.07) is 0. The van der Waals surface area contributed by atoms with Gasteiger partial charge < -0.3 is 9.84 Å². The zero-order valence-electron chi connectivity index (χ0n) is 9.22. The quantitative estimate of drug-likeness (QED) is 0.371. The molecular weight excluding hydrogens is 275 g/mol. The molecule has 1 aliphatic heterocycles. The Kier molecular flexibility index (Phi) is 3.44. The number of cyclic esters (lactones) is 1. The second-order valence-corrected chi connectivity index (χ2v) is 4.06. The highest BCUT2D eigenvalue weighted by atomic mass is 19.2. The van der Waals surface area contributed by atoms with Crippen molar-refractivity contribution in [1.82, 2.24) is 0 Å². The Balaban J connectivity index is 2.53. The molecule has 1 saturated heterocycles. The average Bonchev–Trinajstić information content (AvgIpc) is 2.33. The summed E-state index contributed by atoms with van der Waals surface area (Å²) in [4.78, 5) is 11.0. The molecule has 1 aromatic carbocycles. The molecule has 19 heavy (non-hydrogen) atoms. The lowest BCUT2D eigenvalue weighted by molar-refractivity contribution is -0.161. The van der Waals surface area contributed by atoms with Gasteiger partial charge in [0.2, 0.25) is 5.82 Å². The van der Waals surface area contributed by atoms with Crippen LogP contribution in [0.5, 0.6) is 0 Å². The lowest BCUT2D eigenvalue weighted by Gasteiger charge is -2.26. The van der Waals surface area contributed by atoms with E-state index in [1.807, 2.05) is 0 Å². The van der Waals surface area contributed by atoms with Crippen molar-refractivity contribution in [2.45, 2.75) is 25.0 Å². The standard InChI is InChI=1S/C11H7F5O3/c12-7-6(4-1-3(17)2-5(18)19-4)8(13)10(15)11(16)9(7)14/h3-4,17H,1-2H2/t3-,4+/m0/s1. The summed E-state index contributed by atoms with van der Waals surface area (Å²) in [6.45, 7) is 0. The number of esters is 1. The molecule has 0 aromatic heterocycles. The van der Waals surface area contributed by atoms with Crippen molar-refractivity contribution in [3.05, 3.63) is 34.6 Å². The van der Waals surface area contributed by atoms with E-state index >= 15 is 0 Å². The van der Waals surface area contributed by atoms with E-state index in [-0.39, 0.29) is 0 Å². The predicted octanol–water partition coefficient (Wildman–Crippen LogP) is 2.12. The number of aliphatic hydroxyl groups excluding tert-OH is 1. The molecule has 1 heterocycles. The fourth-order valence-corrected chi connectivity index (χ4v) is 1.86. The van der Waals surface area contributed by atoms with Gasteiger partial charge in [-0.05, 0) is 0 Å². The number of hydrogen-bond acceptors (Lipinski definition) is 3. The normalized spacial score (nSPS) is 23.4. The molecule has 1 aliphatic rings. The van der Waals surface area contributed by atoms with Crippen molar-refractivity contribution in [1.29, 1.82) is 0 Å². The maximum Gasteiger partial charge on any atom is 0.309 e. The van der Waals surface area contributed by atoms with Crippen molar-refractivity contribution >= 4 is 5.97 Å². The van der Waals surface area contributed by atoms with Gasteiger partial charge in [-0.1, -0.05) is 0 Å². The fraction of sp³-hybridized carbons (Fsp3) is 0.364. The number of carbonyl (C=O) groups excluding carboxylic acids is 1. The van der Waals surface area contributed by atoms with Gasteiger partial charge in [-0.25, -0.2) is 22.0 Å². The minimum absolute atomic E-state index is 0.397. The van der Waals surface area contributed by atoms with Gasteiger partial charge in [-0.15, -0.1) is 0 Å². The molecule has 2 atom stereocenters. The highest BCUT2D eigenvalue weighted by molar-refractivity contribution is 5.71. The lowest BCUT2D eigenvalue weighted by Crippen LogP contribution is -2.29. The molecule has 8 heteroatoms. The Bertz CT molecular complexity index is 517. The van der Waals surface area contributed by atoms with Crippen LogP contribution in [-0.4, -0.2) is 17.2 Å². The first kappa shape index (κ1) is 13.7. The van der Waals surface area contributed by atoms with E-state index in [2.05, 4.69) is 4.74 Å². The highest BCUT2D eigenvalue weighted by Crippen LogP contribution is 2.35. The van der Waals surface area contributed by atoms with Crippen molar-refractivity contribution < 1.29 is 36.6 Å². The second-order valence-electron chi connectivity index (χ2n) is 4.06. The third-order valence-electron chi connectivity index (χ3n) is 2.73. The number of ether oxygens (including phenoxy) is 1. The minimum Gasteiger partial charge on any atom is -0.457 e. The van der Waals surface area contributed by atoms with Crippen LogP contribution in [0.4, 0.5) is 22.0 Å². The van der Waals surface area contributed by atoms with Gasteiger partial charge in [0.15, 0.2) is 23.3 Å². The van der Waals surface area contributed by atoms with Crippen molar-refractivity contribution in [3.63, 3.8) is 0 Å². The van der Waals surface area contributed by atoms with E-state index in [0.717, 1.165) is 0 Å². The van der Waals surface area contributed by atoms with Crippen LogP contribution in [0.2, 0.25) is 0 Å². The second kappa shape index (κ2) is 4.76. The summed E-state index contributed by atoms with van der Waals surface area (Å²) in [6.07, 6.45) is -3.81. The zero-order chi connectivity index (χ0) is 14.3. The molecule has 0 saturated carbocycles. The van der Waals surface area contributed by atoms with Crippen LogP contribution in [0.3, 0.4) is 0 Å². The van der Waals surface area contributed by atoms with Gasteiger partial charge in [0.1, 0.15) is 6.10 Å². The third kappa shape index (κ3) is 2.27. The summed E-state index contributed by atoms with van der Waals surface area (Å²) in [5, 5.41) is 9.28. The van der Waals surface area contributed by atoms with Crippen LogP contribution in [0, 0.1) is 29.1 Å². The maximum atomic E-state index is 13.4. The summed E-state index contributed by atoms with van der Waals surface area (Å²) >= 11 is 0. The largest absolute Gasteiger partial charge is 0.457 e. The topological polar surface area (TPSA) is 46.5 Å². The first-order chi connectivity index (χ1) is 8.82. The van der Waals surface area contributed by atoms with Crippen LogP contribution >= 0.6 is 0 Å². The number of rotatable bonds is 1. The molecule has 0 unspecified atom stereocenters. The molecular formula is C11H7F5O3. The Labute approximate surface area is 103 Å². The fourth-order valence-electron chi connectivity index (χ4n) is 1.86. The Morgan fingerprint density at radius 2 is 1.42 bits per heavy atom. The summed E-state index contributed by atoms with van der Waals surface area (Å²) in [5.41, 5.74) is -1.25. The summed E-state index contributed by atoms with van der Waals surface area (Å²) in [7, 11) is 0. The molecule has 0 radical (unpaired) electrons. The van der Waals surface area contributed by atoms with Crippen LogP contribution < -0.4 is 0 Å². The molecule has 104 valence electrons. The predicted molar refractivity (Wildman–Crippen MR) is 50.3 cm³/mol. The van der Waals surface area contributed by atoms with Crippen LogP contribution in [0.1, 0.15) is 24.5 Å². The number of carbonyl (C=O) groups is 1. The van der Waals surface area contributed by atoms with E-state index in [1.165, 1.54) is 0 Å². The zero-order valence-corrected chi connectivity index (χ0v) is 9.22. The van der Waals surface area contributed by atoms with Gasteiger partial charge in [-0.3, -0.25) is 4.79 Å². The van der Waals surface area contributed by atoms with E-state index in [0.29, 0.717) is 0 Å². The molecule has 1 aromatic rings. The first-order valence-electron chi connectivity index (χ1n) is 5.21. The number of benzene rings is 1. The lowest BCUT2D eigenvalue weighted by atomic mass is 9.97. The molecule has 0 aliphatic carbocycles. The molecule has 0 amide bonds. The van der Waals surface area contributed by atoms with Gasteiger partial charge in [0.05, 0.1) is 18.1 Å². The Morgan fingerprint density at radius 3 is 1.89 bits per heavy atom. The van der Waals surface area contributed by atoms with Gasteiger partial charge in [0, 0.05) is 6.42 Å². The average molecular weight is 282 g/mol. The summed E-state index contributed by atoms with van der Waals surface area (Å²) < 4.78 is 70.2. The SMILES string of the molecule is O=C1C[C@@H](O)C[C@H](c2c(F)c(F)c(F)c(F)c2F)O1. The molecule has 1 fully saturated rings. The molecule has 3 nitrogen and oxygen atoms in total. The van der Waals surface area contributed by atoms with Crippen LogP contribution in [-0.2, 0) is 9.53 Å². The molecule has 2 rings (SSSR count). The maximum absolute atomic E-state index is 13.4. The van der Waals surface area contributed by atoms with E-state index in [1.54, 1.807) is 0 Å². The van der Waals surface area contributed by atoms with Gasteiger partial charge in [0.25, 0.3) is 0 Å². The van der Waals surface area contributed by atoms with Crippen molar-refractivity contribution in [2.75, 3.05) is 0 Å².